The second kappa shape index (κ2) is 6.42. The molecule has 0 unspecified atom stereocenters. The lowest BCUT2D eigenvalue weighted by Gasteiger charge is -2.07. The fourth-order valence-corrected chi connectivity index (χ4v) is 2.48. The van der Waals surface area contributed by atoms with E-state index in [1.165, 1.54) is 0 Å². The maximum absolute atomic E-state index is 12.1. The molecule has 0 bridgehead atoms. The molecule has 2 rings (SSSR count). The lowest BCUT2D eigenvalue weighted by atomic mass is 10.2. The highest BCUT2D eigenvalue weighted by Crippen LogP contribution is 2.18. The number of aryl methyl sites for hydroxylation is 1. The van der Waals surface area contributed by atoms with E-state index in [0.717, 1.165) is 13.7 Å². The Kier molecular flexibility index (Phi) is 4.87. The Balaban J connectivity index is 2.07. The Bertz CT molecular complexity index is 619. The molecule has 0 radical (unpaired) electrons. The van der Waals surface area contributed by atoms with Gasteiger partial charge in [0.1, 0.15) is 5.82 Å². The van der Waals surface area contributed by atoms with Crippen molar-refractivity contribution >= 4 is 44.4 Å². The zero-order chi connectivity index (χ0) is 13.8. The molecule has 4 nitrogen and oxygen atoms in total. The Morgan fingerprint density at radius 3 is 2.95 bits per heavy atom. The first-order chi connectivity index (χ1) is 9.06. The van der Waals surface area contributed by atoms with Gasteiger partial charge in [-0.05, 0) is 53.8 Å². The zero-order valence-corrected chi connectivity index (χ0v) is 13.9. The molecule has 19 heavy (non-hydrogen) atoms. The topological polar surface area (TPSA) is 54.9 Å². The van der Waals surface area contributed by atoms with Crippen LogP contribution in [0.5, 0.6) is 0 Å². The number of halogens is 2. The number of hydrogen-bond acceptors (Lipinski definition) is 3. The lowest BCUT2D eigenvalue weighted by Crippen LogP contribution is -2.24. The third-order valence-corrected chi connectivity index (χ3v) is 3.87. The van der Waals surface area contributed by atoms with Crippen molar-refractivity contribution in [1.82, 2.24) is 15.3 Å². The van der Waals surface area contributed by atoms with Crippen molar-refractivity contribution in [2.45, 2.75) is 13.5 Å². The summed E-state index contributed by atoms with van der Waals surface area (Å²) in [4.78, 5) is 20.4. The highest BCUT2D eigenvalue weighted by atomic mass is 127. The average molecular weight is 432 g/mol. The van der Waals surface area contributed by atoms with Crippen molar-refractivity contribution in [3.05, 3.63) is 55.6 Å². The Morgan fingerprint density at radius 2 is 2.21 bits per heavy atom. The van der Waals surface area contributed by atoms with Crippen molar-refractivity contribution in [3.63, 3.8) is 0 Å². The number of carbonyl (C=O) groups excluding carboxylic acids is 1. The molecule has 0 aliphatic carbocycles. The normalized spacial score (nSPS) is 10.3. The van der Waals surface area contributed by atoms with Crippen molar-refractivity contribution in [1.29, 1.82) is 0 Å². The van der Waals surface area contributed by atoms with Gasteiger partial charge in [-0.1, -0.05) is 15.9 Å². The highest BCUT2D eigenvalue weighted by Gasteiger charge is 2.10. The molecule has 2 aromatic rings. The molecular weight excluding hydrogens is 421 g/mol. The van der Waals surface area contributed by atoms with E-state index in [-0.39, 0.29) is 5.91 Å². The quantitative estimate of drug-likeness (QED) is 0.760. The van der Waals surface area contributed by atoms with Crippen LogP contribution < -0.4 is 5.32 Å². The van der Waals surface area contributed by atoms with E-state index >= 15 is 0 Å². The summed E-state index contributed by atoms with van der Waals surface area (Å²) in [6, 6.07) is 7.40. The van der Waals surface area contributed by atoms with E-state index < -0.39 is 0 Å². The number of amides is 1. The van der Waals surface area contributed by atoms with Gasteiger partial charge in [0.15, 0.2) is 0 Å². The molecule has 0 fully saturated rings. The van der Waals surface area contributed by atoms with Crippen LogP contribution in [-0.2, 0) is 6.54 Å². The fraction of sp³-hybridized carbons (Fsp3) is 0.154. The number of nitrogens with zero attached hydrogens (tertiary/aromatic N) is 2. The van der Waals surface area contributed by atoms with Crippen LogP contribution in [0.15, 0.2) is 34.9 Å². The number of benzene rings is 1. The van der Waals surface area contributed by atoms with Gasteiger partial charge >= 0.3 is 0 Å². The summed E-state index contributed by atoms with van der Waals surface area (Å²) in [6.45, 7) is 2.22. The summed E-state index contributed by atoms with van der Waals surface area (Å²) >= 11 is 5.51. The molecule has 1 N–H and O–H groups in total. The molecule has 1 aromatic carbocycles. The number of hydrogen-bond donors (Lipinski definition) is 1. The molecule has 0 saturated heterocycles. The van der Waals surface area contributed by atoms with Crippen LogP contribution in [0.2, 0.25) is 0 Å². The second-order valence-electron chi connectivity index (χ2n) is 3.90. The van der Waals surface area contributed by atoms with E-state index in [1.807, 2.05) is 25.1 Å². The van der Waals surface area contributed by atoms with Gasteiger partial charge in [-0.15, -0.1) is 0 Å². The Morgan fingerprint density at radius 1 is 1.42 bits per heavy atom. The summed E-state index contributed by atoms with van der Waals surface area (Å²) < 4.78 is 1.80. The molecular formula is C13H11BrIN3O. The zero-order valence-electron chi connectivity index (χ0n) is 10.2. The fourth-order valence-electron chi connectivity index (χ4n) is 1.54. The minimum atomic E-state index is -0.109. The molecule has 6 heteroatoms. The molecule has 0 saturated carbocycles. The number of nitrogens with one attached hydrogen (secondary N) is 1. The number of aromatic nitrogens is 2. The second-order valence-corrected chi connectivity index (χ2v) is 5.98. The van der Waals surface area contributed by atoms with E-state index in [9.17, 15) is 4.79 Å². The number of carbonyl (C=O) groups is 1. The van der Waals surface area contributed by atoms with Crippen LogP contribution in [0, 0.1) is 10.5 Å². The molecule has 1 aromatic heterocycles. The van der Waals surface area contributed by atoms with Gasteiger partial charge in [-0.25, -0.2) is 9.97 Å². The van der Waals surface area contributed by atoms with Crippen LogP contribution in [0.25, 0.3) is 0 Å². The van der Waals surface area contributed by atoms with Crippen LogP contribution in [0.4, 0.5) is 0 Å². The monoisotopic (exact) mass is 431 g/mol. The predicted octanol–water partition coefficient (Wildman–Crippen LogP) is 3.08. The van der Waals surface area contributed by atoms with Gasteiger partial charge in [-0.2, -0.15) is 0 Å². The van der Waals surface area contributed by atoms with E-state index in [1.54, 1.807) is 12.3 Å². The predicted molar refractivity (Wildman–Crippen MR) is 84.8 cm³/mol. The van der Waals surface area contributed by atoms with E-state index in [4.69, 9.17) is 0 Å². The first kappa shape index (κ1) is 14.4. The van der Waals surface area contributed by atoms with Crippen LogP contribution in [-0.4, -0.2) is 15.9 Å². The van der Waals surface area contributed by atoms with Gasteiger partial charge in [0.25, 0.3) is 5.91 Å². The molecule has 0 aliphatic heterocycles. The highest BCUT2D eigenvalue weighted by molar-refractivity contribution is 14.1. The van der Waals surface area contributed by atoms with Gasteiger partial charge in [0, 0.05) is 14.2 Å². The smallest absolute Gasteiger partial charge is 0.252 e. The summed E-state index contributed by atoms with van der Waals surface area (Å²) in [5.41, 5.74) is 1.45. The molecule has 0 atom stereocenters. The minimum absolute atomic E-state index is 0.109. The van der Waals surface area contributed by atoms with Gasteiger partial charge in [-0.3, -0.25) is 4.79 Å². The summed E-state index contributed by atoms with van der Waals surface area (Å²) in [5.74, 6) is 0.589. The summed E-state index contributed by atoms with van der Waals surface area (Å²) in [5, 5.41) is 2.86. The van der Waals surface area contributed by atoms with E-state index in [0.29, 0.717) is 17.9 Å². The summed E-state index contributed by atoms with van der Waals surface area (Å²) in [7, 11) is 0. The van der Waals surface area contributed by atoms with Crippen LogP contribution in [0.3, 0.4) is 0 Å². The number of rotatable bonds is 3. The molecule has 98 valence electrons. The van der Waals surface area contributed by atoms with Crippen molar-refractivity contribution in [2.24, 2.45) is 0 Å². The SMILES string of the molecule is Cc1nccc(CNC(=O)c2cc(Br)ccc2I)n1. The standard InChI is InChI=1S/C13H11BrIN3O/c1-8-16-5-4-10(18-8)7-17-13(19)11-6-9(14)2-3-12(11)15/h2-6H,7H2,1H3,(H,17,19). The van der Waals surface area contributed by atoms with Crippen LogP contribution in [0.1, 0.15) is 21.9 Å². The minimum Gasteiger partial charge on any atom is -0.346 e. The molecule has 1 heterocycles. The first-order valence-corrected chi connectivity index (χ1v) is 7.45. The maximum Gasteiger partial charge on any atom is 0.252 e. The van der Waals surface area contributed by atoms with Gasteiger partial charge in [0.2, 0.25) is 0 Å². The average Bonchev–Trinajstić information content (AvgIpc) is 2.39. The van der Waals surface area contributed by atoms with Crippen molar-refractivity contribution in [2.75, 3.05) is 0 Å². The first-order valence-electron chi connectivity index (χ1n) is 5.58. The third kappa shape index (κ3) is 3.97. The lowest BCUT2D eigenvalue weighted by molar-refractivity contribution is 0.0949. The maximum atomic E-state index is 12.1. The van der Waals surface area contributed by atoms with Crippen molar-refractivity contribution in [3.8, 4) is 0 Å². The van der Waals surface area contributed by atoms with Gasteiger partial charge in [0.05, 0.1) is 17.8 Å². The Labute approximate surface area is 133 Å². The Hall–Kier alpha value is -1.02. The molecule has 1 amide bonds. The van der Waals surface area contributed by atoms with Crippen molar-refractivity contribution < 1.29 is 4.79 Å². The van der Waals surface area contributed by atoms with Crippen LogP contribution >= 0.6 is 38.5 Å². The molecule has 0 spiro atoms. The largest absolute Gasteiger partial charge is 0.346 e. The van der Waals surface area contributed by atoms with E-state index in [2.05, 4.69) is 53.8 Å². The third-order valence-electron chi connectivity index (χ3n) is 2.44. The molecule has 0 aliphatic rings. The van der Waals surface area contributed by atoms with Gasteiger partial charge < -0.3 is 5.32 Å². The summed E-state index contributed by atoms with van der Waals surface area (Å²) in [6.07, 6.45) is 1.69.